The van der Waals surface area contributed by atoms with Gasteiger partial charge in [-0.1, -0.05) is 6.92 Å². The molecule has 0 saturated carbocycles. The maximum Gasteiger partial charge on any atom is 0.212 e. The van der Waals surface area contributed by atoms with Crippen LogP contribution in [0.25, 0.3) is 0 Å². The minimum absolute atomic E-state index is 0.382. The van der Waals surface area contributed by atoms with E-state index in [9.17, 15) is 0 Å². The first-order valence-corrected chi connectivity index (χ1v) is 2.99. The van der Waals surface area contributed by atoms with Gasteiger partial charge >= 0.3 is 0 Å². The molecule has 9 heavy (non-hydrogen) atoms. The number of hydroxylamine groups is 3. The van der Waals surface area contributed by atoms with E-state index in [1.165, 1.54) is 0 Å². The number of rotatable bonds is 4. The quantitative estimate of drug-likeness (QED) is 0.277. The zero-order valence-corrected chi connectivity index (χ0v) is 5.62. The summed E-state index contributed by atoms with van der Waals surface area (Å²) < 4.78 is -0.656. The van der Waals surface area contributed by atoms with E-state index in [2.05, 4.69) is 0 Å². The number of quaternary nitrogens is 1. The molecular weight excluding hydrogens is 122 g/mol. The molecule has 0 heterocycles. The fraction of sp³-hybridized carbons (Fsp3) is 1.00. The van der Waals surface area contributed by atoms with Crippen molar-refractivity contribution in [1.82, 2.24) is 0 Å². The van der Waals surface area contributed by atoms with E-state index in [0.717, 1.165) is 6.42 Å². The molecule has 0 spiro atoms. The molecule has 56 valence electrons. The van der Waals surface area contributed by atoms with Crippen molar-refractivity contribution in [3.8, 4) is 0 Å². The van der Waals surface area contributed by atoms with Crippen LogP contribution >= 0.6 is 0 Å². The Balaban J connectivity index is 3.62. The van der Waals surface area contributed by atoms with Gasteiger partial charge in [-0.2, -0.15) is 0 Å². The Kier molecular flexibility index (Phi) is 3.72. The minimum atomic E-state index is -0.656. The molecule has 0 rings (SSSR count). The first-order chi connectivity index (χ1) is 4.18. The smallest absolute Gasteiger partial charge is 0.212 e. The van der Waals surface area contributed by atoms with Crippen molar-refractivity contribution in [3.63, 3.8) is 0 Å². The summed E-state index contributed by atoms with van der Waals surface area (Å²) in [6.45, 7) is 1.40. The average molecular weight is 136 g/mol. The molecule has 0 fully saturated rings. The highest BCUT2D eigenvalue weighted by atomic mass is 16.6. The van der Waals surface area contributed by atoms with Crippen LogP contribution in [0.2, 0.25) is 0 Å². The highest BCUT2D eigenvalue weighted by Crippen LogP contribution is 1.98. The lowest BCUT2D eigenvalue weighted by atomic mass is 10.4. The monoisotopic (exact) mass is 136 g/mol. The van der Waals surface area contributed by atoms with Crippen LogP contribution in [0.4, 0.5) is 0 Å². The predicted molar refractivity (Wildman–Crippen MR) is 31.4 cm³/mol. The van der Waals surface area contributed by atoms with E-state index < -0.39 is 18.1 Å². The number of hydrogen-bond acceptors (Lipinski definition) is 3. The van der Waals surface area contributed by atoms with Gasteiger partial charge in [0.1, 0.15) is 6.54 Å². The molecule has 0 aromatic carbocycles. The van der Waals surface area contributed by atoms with Gasteiger partial charge in [0.2, 0.25) is 13.5 Å². The van der Waals surface area contributed by atoms with Crippen molar-refractivity contribution in [2.24, 2.45) is 0 Å². The fourth-order valence-corrected chi connectivity index (χ4v) is 0.602. The summed E-state index contributed by atoms with van der Waals surface area (Å²) >= 11 is 0. The van der Waals surface area contributed by atoms with Gasteiger partial charge in [-0.05, 0) is 6.42 Å². The second-order valence-corrected chi connectivity index (χ2v) is 2.10. The van der Waals surface area contributed by atoms with Crippen molar-refractivity contribution >= 4 is 0 Å². The van der Waals surface area contributed by atoms with E-state index in [-0.39, 0.29) is 0 Å². The van der Waals surface area contributed by atoms with Crippen LogP contribution in [0, 0.1) is 0 Å². The van der Waals surface area contributed by atoms with Crippen molar-refractivity contribution in [3.05, 3.63) is 0 Å². The van der Waals surface area contributed by atoms with Crippen LogP contribution in [-0.2, 0) is 0 Å². The molecular formula is C5H14NO3+. The summed E-state index contributed by atoms with van der Waals surface area (Å²) in [4.78, 5) is 0. The van der Waals surface area contributed by atoms with Gasteiger partial charge in [-0.15, -0.1) is 4.65 Å². The zero-order chi connectivity index (χ0) is 7.33. The van der Waals surface area contributed by atoms with Gasteiger partial charge in [0.15, 0.2) is 0 Å². The lowest BCUT2D eigenvalue weighted by molar-refractivity contribution is -1.13. The number of nitrogens with zero attached hydrogens (tertiary/aromatic N) is 1. The van der Waals surface area contributed by atoms with E-state index >= 15 is 0 Å². The fourth-order valence-electron chi connectivity index (χ4n) is 0.602. The molecule has 0 radical (unpaired) electrons. The average Bonchev–Trinajstić information content (AvgIpc) is 1.89. The SMILES string of the molecule is CCC[N+](O)(CO)CO. The van der Waals surface area contributed by atoms with Gasteiger partial charge in [-0.3, -0.25) is 0 Å². The first-order valence-electron chi connectivity index (χ1n) is 2.99. The molecule has 0 bridgehead atoms. The van der Waals surface area contributed by atoms with Crippen LogP contribution in [0.1, 0.15) is 13.3 Å². The molecule has 0 saturated heterocycles. The van der Waals surface area contributed by atoms with E-state index in [0.29, 0.717) is 6.54 Å². The Bertz CT molecular complexity index is 72.6. The van der Waals surface area contributed by atoms with Crippen molar-refractivity contribution in [2.75, 3.05) is 20.0 Å². The van der Waals surface area contributed by atoms with Gasteiger partial charge in [0.05, 0.1) is 0 Å². The van der Waals surface area contributed by atoms with Gasteiger partial charge in [0, 0.05) is 0 Å². The third kappa shape index (κ3) is 2.76. The third-order valence-corrected chi connectivity index (χ3v) is 1.17. The van der Waals surface area contributed by atoms with Crippen molar-refractivity contribution in [2.45, 2.75) is 13.3 Å². The van der Waals surface area contributed by atoms with Crippen LogP contribution in [0.15, 0.2) is 0 Å². The molecule has 4 nitrogen and oxygen atoms in total. The summed E-state index contributed by atoms with van der Waals surface area (Å²) in [5.41, 5.74) is 0. The summed E-state index contributed by atoms with van der Waals surface area (Å²) in [6.07, 6.45) is 0.734. The second-order valence-electron chi connectivity index (χ2n) is 2.10. The Morgan fingerprint density at radius 3 is 1.78 bits per heavy atom. The molecule has 3 N–H and O–H groups in total. The third-order valence-electron chi connectivity index (χ3n) is 1.17. The Hall–Kier alpha value is -0.160. The highest BCUT2D eigenvalue weighted by molar-refractivity contribution is 4.20. The largest absolute Gasteiger partial charge is 0.345 e. The van der Waals surface area contributed by atoms with Crippen LogP contribution in [0.3, 0.4) is 0 Å². The summed E-state index contributed by atoms with van der Waals surface area (Å²) in [5, 5.41) is 26.0. The lowest BCUT2D eigenvalue weighted by Gasteiger charge is -2.23. The molecule has 0 amide bonds. The summed E-state index contributed by atoms with van der Waals surface area (Å²) in [6, 6.07) is 0. The number of aliphatic hydroxyl groups is 2. The summed E-state index contributed by atoms with van der Waals surface area (Å²) in [7, 11) is 0. The van der Waals surface area contributed by atoms with Crippen LogP contribution in [-0.4, -0.2) is 40.1 Å². The molecule has 4 heteroatoms. The molecule has 0 aromatic heterocycles. The first kappa shape index (κ1) is 8.84. The Labute approximate surface area is 54.5 Å². The van der Waals surface area contributed by atoms with Crippen LogP contribution in [0.5, 0.6) is 0 Å². The van der Waals surface area contributed by atoms with Gasteiger partial charge in [0.25, 0.3) is 0 Å². The molecule has 0 aliphatic carbocycles. The maximum absolute atomic E-state index is 9.07. The van der Waals surface area contributed by atoms with Crippen LogP contribution < -0.4 is 0 Å². The highest BCUT2D eigenvalue weighted by Gasteiger charge is 2.20. The Morgan fingerprint density at radius 2 is 1.67 bits per heavy atom. The lowest BCUT2D eigenvalue weighted by Crippen LogP contribution is -2.46. The predicted octanol–water partition coefficient (Wildman–Crippen LogP) is -0.498. The topological polar surface area (TPSA) is 60.7 Å². The van der Waals surface area contributed by atoms with Gasteiger partial charge < -0.3 is 10.2 Å². The van der Waals surface area contributed by atoms with Crippen molar-refractivity contribution < 1.29 is 20.1 Å². The molecule has 0 aliphatic heterocycles. The van der Waals surface area contributed by atoms with Gasteiger partial charge in [-0.25, -0.2) is 5.21 Å². The molecule has 0 aromatic rings. The molecule has 0 unspecified atom stereocenters. The number of hydrogen-bond donors (Lipinski definition) is 3. The normalized spacial score (nSPS) is 12.0. The summed E-state index contributed by atoms with van der Waals surface area (Å²) in [5.74, 6) is 0. The van der Waals surface area contributed by atoms with Crippen molar-refractivity contribution in [1.29, 1.82) is 0 Å². The Morgan fingerprint density at radius 1 is 1.22 bits per heavy atom. The molecule has 0 atom stereocenters. The zero-order valence-electron chi connectivity index (χ0n) is 5.62. The van der Waals surface area contributed by atoms with E-state index in [1.54, 1.807) is 0 Å². The minimum Gasteiger partial charge on any atom is -0.345 e. The van der Waals surface area contributed by atoms with E-state index in [4.69, 9.17) is 15.4 Å². The standard InChI is InChI=1S/C5H14NO3/c1-2-3-6(9,4-7)5-8/h7-9H,2-5H2,1H3/q+1. The molecule has 0 aliphatic rings. The second kappa shape index (κ2) is 3.79. The van der Waals surface area contributed by atoms with E-state index in [1.807, 2.05) is 6.92 Å². The maximum atomic E-state index is 9.07. The number of aliphatic hydroxyl groups excluding tert-OH is 2.